The largest absolute Gasteiger partial charge is 0.476 e. The first-order chi connectivity index (χ1) is 8.09. The summed E-state index contributed by atoms with van der Waals surface area (Å²) in [5, 5.41) is 17.0. The van der Waals surface area contributed by atoms with Crippen LogP contribution in [-0.4, -0.2) is 31.1 Å². The summed E-state index contributed by atoms with van der Waals surface area (Å²) in [5.74, 6) is -1.52. The van der Waals surface area contributed by atoms with Gasteiger partial charge in [0.1, 0.15) is 5.69 Å². The van der Waals surface area contributed by atoms with Gasteiger partial charge < -0.3 is 5.11 Å². The molecule has 6 nitrogen and oxygen atoms in total. The fourth-order valence-electron chi connectivity index (χ4n) is 1.27. The lowest BCUT2D eigenvalue weighted by Gasteiger charge is -2.03. The molecule has 0 aromatic carbocycles. The molecule has 9 heteroatoms. The summed E-state index contributed by atoms with van der Waals surface area (Å²) in [6, 6.07) is 0. The lowest BCUT2D eigenvalue weighted by Crippen LogP contribution is -2.10. The number of hydrogen-bond donors (Lipinski definition) is 1. The molecule has 2 aromatic rings. The summed E-state index contributed by atoms with van der Waals surface area (Å²) in [5.41, 5.74) is 0.645. The molecule has 0 amide bonds. The van der Waals surface area contributed by atoms with Gasteiger partial charge in [-0.2, -0.15) is 0 Å². The molecule has 1 N–H and O–H groups in total. The summed E-state index contributed by atoms with van der Waals surface area (Å²) in [7, 11) is 0. The molecule has 0 saturated heterocycles. The van der Waals surface area contributed by atoms with Crippen LogP contribution in [0.25, 0.3) is 0 Å². The molecule has 0 aliphatic carbocycles. The lowest BCUT2D eigenvalue weighted by atomic mass is 10.3. The second-order valence-electron chi connectivity index (χ2n) is 3.07. The average molecular weight is 260 g/mol. The topological polar surface area (TPSA) is 80.9 Å². The van der Waals surface area contributed by atoms with Crippen LogP contribution in [0.15, 0.2) is 10.9 Å². The van der Waals surface area contributed by atoms with Gasteiger partial charge in [-0.3, -0.25) is 0 Å². The van der Waals surface area contributed by atoms with Crippen molar-refractivity contribution in [3.8, 4) is 0 Å². The Hall–Kier alpha value is -1.90. The van der Waals surface area contributed by atoms with Crippen LogP contribution in [-0.2, 0) is 6.54 Å². The van der Waals surface area contributed by atoms with Gasteiger partial charge in [-0.05, 0) is 0 Å². The zero-order valence-electron chi connectivity index (χ0n) is 8.25. The fourth-order valence-corrected chi connectivity index (χ4v) is 1.82. The van der Waals surface area contributed by atoms with E-state index < -0.39 is 23.8 Å². The number of carboxylic acid groups (broad SMARTS) is 1. The number of thiazole rings is 1. The Morgan fingerprint density at radius 1 is 1.59 bits per heavy atom. The van der Waals surface area contributed by atoms with Gasteiger partial charge in [0, 0.05) is 5.38 Å². The van der Waals surface area contributed by atoms with E-state index in [1.54, 1.807) is 10.9 Å². The van der Waals surface area contributed by atoms with Crippen molar-refractivity contribution in [1.82, 2.24) is 20.0 Å². The van der Waals surface area contributed by atoms with Crippen LogP contribution in [0, 0.1) is 0 Å². The molecule has 2 heterocycles. The Labute approximate surface area is 97.5 Å². The average Bonchev–Trinajstić information content (AvgIpc) is 2.86. The molecule has 0 bridgehead atoms. The highest BCUT2D eigenvalue weighted by molar-refractivity contribution is 7.07. The summed E-state index contributed by atoms with van der Waals surface area (Å²) in [4.78, 5) is 14.6. The first kappa shape index (κ1) is 11.6. The minimum atomic E-state index is -2.95. The number of carboxylic acids is 1. The van der Waals surface area contributed by atoms with Gasteiger partial charge in [0.2, 0.25) is 0 Å². The number of aromatic carboxylic acids is 1. The molecule has 0 atom stereocenters. The molecule has 90 valence electrons. The third-order valence-electron chi connectivity index (χ3n) is 1.98. The van der Waals surface area contributed by atoms with Gasteiger partial charge in [0.15, 0.2) is 5.69 Å². The quantitative estimate of drug-likeness (QED) is 0.899. The number of carbonyl (C=O) groups is 1. The van der Waals surface area contributed by atoms with Crippen molar-refractivity contribution in [3.05, 3.63) is 28.0 Å². The molecule has 0 aliphatic heterocycles. The number of rotatable bonds is 4. The van der Waals surface area contributed by atoms with Crippen molar-refractivity contribution in [2.45, 2.75) is 13.0 Å². The zero-order valence-corrected chi connectivity index (χ0v) is 9.06. The lowest BCUT2D eigenvalue weighted by molar-refractivity contribution is 0.0675. The van der Waals surface area contributed by atoms with Gasteiger partial charge in [0.25, 0.3) is 6.43 Å². The van der Waals surface area contributed by atoms with Gasteiger partial charge in [-0.15, -0.1) is 16.4 Å². The van der Waals surface area contributed by atoms with Crippen LogP contribution in [0.4, 0.5) is 8.78 Å². The Balaban J connectivity index is 2.37. The van der Waals surface area contributed by atoms with Crippen LogP contribution < -0.4 is 0 Å². The second kappa shape index (κ2) is 4.53. The molecule has 0 fully saturated rings. The van der Waals surface area contributed by atoms with E-state index in [2.05, 4.69) is 15.3 Å². The molecule has 0 spiro atoms. The van der Waals surface area contributed by atoms with Gasteiger partial charge in [-0.25, -0.2) is 23.2 Å². The number of aromatic nitrogens is 4. The van der Waals surface area contributed by atoms with Crippen molar-refractivity contribution >= 4 is 17.3 Å². The highest BCUT2D eigenvalue weighted by Gasteiger charge is 2.26. The first-order valence-electron chi connectivity index (χ1n) is 4.41. The third-order valence-corrected chi connectivity index (χ3v) is 2.61. The maximum absolute atomic E-state index is 12.7. The number of halogens is 2. The molecule has 2 aromatic heterocycles. The number of nitrogens with zero attached hydrogens (tertiary/aromatic N) is 4. The Kier molecular flexibility index (Phi) is 3.09. The summed E-state index contributed by atoms with van der Waals surface area (Å²) in [6.07, 6.45) is -2.95. The smallest absolute Gasteiger partial charge is 0.358 e. The van der Waals surface area contributed by atoms with E-state index in [9.17, 15) is 13.6 Å². The van der Waals surface area contributed by atoms with E-state index in [1.807, 2.05) is 0 Å². The maximum atomic E-state index is 12.7. The summed E-state index contributed by atoms with van der Waals surface area (Å²) < 4.78 is 26.3. The van der Waals surface area contributed by atoms with Crippen LogP contribution in [0.5, 0.6) is 0 Å². The minimum absolute atomic E-state index is 0.0244. The van der Waals surface area contributed by atoms with E-state index in [-0.39, 0.29) is 6.54 Å². The van der Waals surface area contributed by atoms with Gasteiger partial charge in [-0.1, -0.05) is 5.21 Å². The van der Waals surface area contributed by atoms with E-state index >= 15 is 0 Å². The monoisotopic (exact) mass is 260 g/mol. The maximum Gasteiger partial charge on any atom is 0.358 e. The number of alkyl halides is 2. The van der Waals surface area contributed by atoms with Crippen LogP contribution in [0.2, 0.25) is 0 Å². The van der Waals surface area contributed by atoms with Gasteiger partial charge in [0.05, 0.1) is 17.7 Å². The minimum Gasteiger partial charge on any atom is -0.476 e. The Morgan fingerprint density at radius 2 is 2.35 bits per heavy atom. The summed E-state index contributed by atoms with van der Waals surface area (Å²) in [6.45, 7) is -0.0244. The fraction of sp³-hybridized carbons (Fsp3) is 0.250. The molecule has 0 aliphatic rings. The zero-order chi connectivity index (χ0) is 12.4. The third kappa shape index (κ3) is 2.28. The molecule has 2 rings (SSSR count). The van der Waals surface area contributed by atoms with E-state index in [4.69, 9.17) is 5.11 Å². The predicted molar refractivity (Wildman–Crippen MR) is 53.2 cm³/mol. The standard InChI is InChI=1S/C8H6F2N4O2S/c9-7(10)6-5(8(15)16)12-13-14(6)1-4-2-17-3-11-4/h2-3,7H,1H2,(H,15,16). The van der Waals surface area contributed by atoms with Gasteiger partial charge >= 0.3 is 5.97 Å². The normalized spacial score (nSPS) is 11.0. The van der Waals surface area contributed by atoms with Crippen LogP contribution in [0.3, 0.4) is 0 Å². The predicted octanol–water partition coefficient (Wildman–Crippen LogP) is 1.42. The van der Waals surface area contributed by atoms with Crippen LogP contribution >= 0.6 is 11.3 Å². The van der Waals surface area contributed by atoms with E-state index in [0.29, 0.717) is 5.69 Å². The molecule has 0 unspecified atom stereocenters. The van der Waals surface area contributed by atoms with Crippen molar-refractivity contribution in [2.24, 2.45) is 0 Å². The van der Waals surface area contributed by atoms with E-state index in [1.165, 1.54) is 11.3 Å². The molecule has 0 saturated carbocycles. The molecular weight excluding hydrogens is 254 g/mol. The molecular formula is C8H6F2N4O2S. The first-order valence-corrected chi connectivity index (χ1v) is 5.35. The van der Waals surface area contributed by atoms with E-state index in [0.717, 1.165) is 4.68 Å². The highest BCUT2D eigenvalue weighted by Crippen LogP contribution is 2.22. The van der Waals surface area contributed by atoms with Crippen molar-refractivity contribution in [1.29, 1.82) is 0 Å². The van der Waals surface area contributed by atoms with Crippen molar-refractivity contribution < 1.29 is 18.7 Å². The number of hydrogen-bond acceptors (Lipinski definition) is 5. The highest BCUT2D eigenvalue weighted by atomic mass is 32.1. The second-order valence-corrected chi connectivity index (χ2v) is 3.79. The summed E-state index contributed by atoms with van der Waals surface area (Å²) >= 11 is 1.31. The van der Waals surface area contributed by atoms with Crippen molar-refractivity contribution in [2.75, 3.05) is 0 Å². The SMILES string of the molecule is O=C(O)c1nnn(Cc2cscn2)c1C(F)F. The van der Waals surface area contributed by atoms with Crippen LogP contribution in [0.1, 0.15) is 28.3 Å². The Morgan fingerprint density at radius 3 is 2.88 bits per heavy atom. The molecule has 0 radical (unpaired) electrons. The molecule has 17 heavy (non-hydrogen) atoms. The van der Waals surface area contributed by atoms with Crippen molar-refractivity contribution in [3.63, 3.8) is 0 Å². The Bertz CT molecular complexity index is 526.